The zero-order valence-electron chi connectivity index (χ0n) is 6.95. The fraction of sp³-hybridized carbons (Fsp3) is 0.750. The lowest BCUT2D eigenvalue weighted by atomic mass is 10.5. The maximum absolute atomic E-state index is 8.33. The highest BCUT2D eigenvalue weighted by atomic mass is 16.7. The van der Waals surface area contributed by atoms with Gasteiger partial charge in [-0.1, -0.05) is 19.1 Å². The quantitative estimate of drug-likeness (QED) is 0.342. The lowest BCUT2D eigenvalue weighted by Crippen LogP contribution is -2.00. The van der Waals surface area contributed by atoms with Crippen molar-refractivity contribution in [2.75, 3.05) is 26.6 Å². The van der Waals surface area contributed by atoms with Gasteiger partial charge in [0.25, 0.3) is 0 Å². The second-order valence-corrected chi connectivity index (χ2v) is 2.05. The van der Waals surface area contributed by atoms with Crippen molar-refractivity contribution in [1.82, 2.24) is 0 Å². The van der Waals surface area contributed by atoms with Gasteiger partial charge in [-0.25, -0.2) is 0 Å². The molecule has 0 bridgehead atoms. The van der Waals surface area contributed by atoms with Gasteiger partial charge in [0.15, 0.2) is 0 Å². The van der Waals surface area contributed by atoms with Gasteiger partial charge in [-0.3, -0.25) is 0 Å². The Morgan fingerprint density at radius 1 is 1.27 bits per heavy atom. The molecular weight excluding hydrogens is 144 g/mol. The third-order valence-corrected chi connectivity index (χ3v) is 1.00. The summed E-state index contributed by atoms with van der Waals surface area (Å²) in [6.07, 6.45) is 4.41. The Hall–Kier alpha value is -0.380. The molecule has 0 aromatic rings. The average Bonchev–Trinajstić information content (AvgIpc) is 2.03. The monoisotopic (exact) mass is 160 g/mol. The van der Waals surface area contributed by atoms with Crippen LogP contribution < -0.4 is 0 Å². The zero-order chi connectivity index (χ0) is 8.36. The zero-order valence-corrected chi connectivity index (χ0v) is 6.95. The lowest BCUT2D eigenvalue weighted by molar-refractivity contribution is -0.0436. The summed E-state index contributed by atoms with van der Waals surface area (Å²) >= 11 is 0. The van der Waals surface area contributed by atoms with E-state index in [0.717, 1.165) is 13.0 Å². The first-order valence-electron chi connectivity index (χ1n) is 3.83. The number of hydrogen-bond acceptors (Lipinski definition) is 3. The Kier molecular flexibility index (Phi) is 9.29. The number of ether oxygens (including phenoxy) is 2. The smallest absolute Gasteiger partial charge is 0.147 e. The van der Waals surface area contributed by atoms with E-state index in [-0.39, 0.29) is 6.61 Å². The molecule has 3 nitrogen and oxygen atoms in total. The molecule has 0 rings (SSSR count). The van der Waals surface area contributed by atoms with Crippen LogP contribution in [-0.2, 0) is 9.47 Å². The molecule has 0 saturated heterocycles. The molecule has 0 radical (unpaired) electrons. The maximum atomic E-state index is 8.33. The molecular formula is C8H16O3. The van der Waals surface area contributed by atoms with Crippen LogP contribution in [0.1, 0.15) is 13.3 Å². The highest BCUT2D eigenvalue weighted by Gasteiger charge is 1.82. The summed E-state index contributed by atoms with van der Waals surface area (Å²) in [4.78, 5) is 0. The highest BCUT2D eigenvalue weighted by molar-refractivity contribution is 4.79. The molecule has 0 aromatic heterocycles. The van der Waals surface area contributed by atoms with Crippen LogP contribution in [0.15, 0.2) is 12.2 Å². The first-order chi connectivity index (χ1) is 5.41. The van der Waals surface area contributed by atoms with Crippen LogP contribution in [0.25, 0.3) is 0 Å². The third-order valence-electron chi connectivity index (χ3n) is 1.00. The van der Waals surface area contributed by atoms with Crippen LogP contribution in [0, 0.1) is 0 Å². The number of rotatable bonds is 7. The minimum absolute atomic E-state index is 0.0686. The highest BCUT2D eigenvalue weighted by Crippen LogP contribution is 1.82. The van der Waals surface area contributed by atoms with Gasteiger partial charge in [0.2, 0.25) is 0 Å². The molecule has 11 heavy (non-hydrogen) atoms. The van der Waals surface area contributed by atoms with E-state index in [0.29, 0.717) is 13.4 Å². The van der Waals surface area contributed by atoms with Gasteiger partial charge in [-0.15, -0.1) is 0 Å². The molecule has 0 unspecified atom stereocenters. The third kappa shape index (κ3) is 9.62. The topological polar surface area (TPSA) is 38.7 Å². The van der Waals surface area contributed by atoms with E-state index in [1.807, 2.05) is 6.92 Å². The SMILES string of the molecule is CCCOCOCC=CCO. The molecule has 0 aliphatic heterocycles. The summed E-state index contributed by atoms with van der Waals surface area (Å²) in [5.74, 6) is 0. The molecule has 0 saturated carbocycles. The van der Waals surface area contributed by atoms with Gasteiger partial charge in [0.05, 0.1) is 13.2 Å². The fourth-order valence-corrected chi connectivity index (χ4v) is 0.521. The van der Waals surface area contributed by atoms with Crippen molar-refractivity contribution >= 4 is 0 Å². The minimum atomic E-state index is 0.0686. The predicted molar refractivity (Wildman–Crippen MR) is 43.3 cm³/mol. The first-order valence-corrected chi connectivity index (χ1v) is 3.83. The van der Waals surface area contributed by atoms with Gasteiger partial charge >= 0.3 is 0 Å². The van der Waals surface area contributed by atoms with Crippen molar-refractivity contribution in [3.63, 3.8) is 0 Å². The minimum Gasteiger partial charge on any atom is -0.392 e. The van der Waals surface area contributed by atoms with Crippen molar-refractivity contribution in [2.24, 2.45) is 0 Å². The summed E-state index contributed by atoms with van der Waals surface area (Å²) in [6.45, 7) is 3.70. The predicted octanol–water partition coefficient (Wildman–Crippen LogP) is 0.936. The summed E-state index contributed by atoms with van der Waals surface area (Å²) < 4.78 is 10.1. The summed E-state index contributed by atoms with van der Waals surface area (Å²) in [7, 11) is 0. The summed E-state index contributed by atoms with van der Waals surface area (Å²) in [6, 6.07) is 0. The largest absolute Gasteiger partial charge is 0.392 e. The Bertz CT molecular complexity index is 91.3. The Labute approximate surface area is 67.6 Å². The van der Waals surface area contributed by atoms with Gasteiger partial charge in [-0.2, -0.15) is 0 Å². The molecule has 0 aromatic carbocycles. The van der Waals surface area contributed by atoms with Crippen LogP contribution in [0.3, 0.4) is 0 Å². The number of aliphatic hydroxyl groups is 1. The molecule has 0 aliphatic rings. The second kappa shape index (κ2) is 9.62. The molecule has 0 spiro atoms. The Morgan fingerprint density at radius 2 is 2.09 bits per heavy atom. The van der Waals surface area contributed by atoms with Crippen molar-refractivity contribution in [1.29, 1.82) is 0 Å². The maximum Gasteiger partial charge on any atom is 0.147 e. The van der Waals surface area contributed by atoms with E-state index in [2.05, 4.69) is 0 Å². The van der Waals surface area contributed by atoms with Crippen LogP contribution in [-0.4, -0.2) is 31.7 Å². The number of hydrogen-bond donors (Lipinski definition) is 1. The number of aliphatic hydroxyl groups excluding tert-OH is 1. The first kappa shape index (κ1) is 10.6. The molecule has 0 fully saturated rings. The second-order valence-electron chi connectivity index (χ2n) is 2.05. The van der Waals surface area contributed by atoms with Crippen LogP contribution >= 0.6 is 0 Å². The molecule has 0 atom stereocenters. The van der Waals surface area contributed by atoms with Crippen LogP contribution in [0.4, 0.5) is 0 Å². The average molecular weight is 160 g/mol. The van der Waals surface area contributed by atoms with Gasteiger partial charge < -0.3 is 14.6 Å². The van der Waals surface area contributed by atoms with Crippen molar-refractivity contribution in [3.05, 3.63) is 12.2 Å². The normalized spacial score (nSPS) is 11.1. The summed E-state index contributed by atoms with van der Waals surface area (Å²) in [5, 5.41) is 8.33. The van der Waals surface area contributed by atoms with E-state index in [1.54, 1.807) is 12.2 Å². The molecule has 66 valence electrons. The Morgan fingerprint density at radius 3 is 2.73 bits per heavy atom. The lowest BCUT2D eigenvalue weighted by Gasteiger charge is -2.00. The van der Waals surface area contributed by atoms with E-state index in [4.69, 9.17) is 14.6 Å². The van der Waals surface area contributed by atoms with Crippen molar-refractivity contribution in [3.8, 4) is 0 Å². The molecule has 0 amide bonds. The van der Waals surface area contributed by atoms with Crippen LogP contribution in [0.5, 0.6) is 0 Å². The van der Waals surface area contributed by atoms with E-state index < -0.39 is 0 Å². The standard InChI is InChI=1S/C8H16O3/c1-2-6-10-8-11-7-4-3-5-9/h3-4,9H,2,5-8H2,1H3. The fourth-order valence-electron chi connectivity index (χ4n) is 0.521. The van der Waals surface area contributed by atoms with E-state index in [1.165, 1.54) is 0 Å². The van der Waals surface area contributed by atoms with Gasteiger partial charge in [0, 0.05) is 6.61 Å². The van der Waals surface area contributed by atoms with Crippen molar-refractivity contribution < 1.29 is 14.6 Å². The molecule has 1 N–H and O–H groups in total. The van der Waals surface area contributed by atoms with Gasteiger partial charge in [0.1, 0.15) is 6.79 Å². The Balaban J connectivity index is 2.85. The van der Waals surface area contributed by atoms with E-state index in [9.17, 15) is 0 Å². The van der Waals surface area contributed by atoms with Gasteiger partial charge in [-0.05, 0) is 6.42 Å². The molecule has 0 heterocycles. The molecule has 0 aliphatic carbocycles. The summed E-state index contributed by atoms with van der Waals surface area (Å²) in [5.41, 5.74) is 0. The van der Waals surface area contributed by atoms with Crippen molar-refractivity contribution in [2.45, 2.75) is 13.3 Å². The van der Waals surface area contributed by atoms with E-state index >= 15 is 0 Å². The van der Waals surface area contributed by atoms with Crippen LogP contribution in [0.2, 0.25) is 0 Å². The molecule has 3 heteroatoms.